The molecule has 4 nitrogen and oxygen atoms in total. The molecule has 0 radical (unpaired) electrons. The normalized spacial score (nSPS) is 11.6. The summed E-state index contributed by atoms with van der Waals surface area (Å²) < 4.78 is 54.4. The van der Waals surface area contributed by atoms with Crippen LogP contribution >= 0.6 is 0 Å². The lowest BCUT2D eigenvalue weighted by Gasteiger charge is -2.15. The van der Waals surface area contributed by atoms with E-state index in [1.54, 1.807) is 11.5 Å². The van der Waals surface area contributed by atoms with E-state index in [1.807, 2.05) is 0 Å². The fourth-order valence-corrected chi connectivity index (χ4v) is 2.82. The second-order valence-corrected chi connectivity index (χ2v) is 5.82. The number of benzene rings is 2. The Morgan fingerprint density at radius 3 is 2.52 bits per heavy atom. The van der Waals surface area contributed by atoms with Crippen LogP contribution in [0.1, 0.15) is 22.8 Å². The first kappa shape index (κ1) is 18.6. The minimum absolute atomic E-state index is 0.0198. The van der Waals surface area contributed by atoms with E-state index in [9.17, 15) is 27.2 Å². The fourth-order valence-electron chi connectivity index (χ4n) is 2.82. The Morgan fingerprint density at radius 1 is 1.15 bits per heavy atom. The van der Waals surface area contributed by atoms with Gasteiger partial charge in [0.05, 0.1) is 16.8 Å². The SMILES string of the molecule is CCn1cc(C(=O)Nc2ccccc2C(F)(F)F)c(=O)c2cc(F)ccc21. The molecule has 0 saturated heterocycles. The Morgan fingerprint density at radius 2 is 1.85 bits per heavy atom. The molecule has 3 aromatic rings. The van der Waals surface area contributed by atoms with Crippen LogP contribution < -0.4 is 10.7 Å². The standard InChI is InChI=1S/C19H14F4N2O2/c1-2-25-10-13(17(26)12-9-11(20)7-8-16(12)25)18(27)24-15-6-4-3-5-14(15)19(21,22)23/h3-10H,2H2,1H3,(H,24,27). The van der Waals surface area contributed by atoms with Crippen LogP contribution in [0.5, 0.6) is 0 Å². The molecule has 0 spiro atoms. The van der Waals surface area contributed by atoms with Crippen molar-refractivity contribution in [3.8, 4) is 0 Å². The summed E-state index contributed by atoms with van der Waals surface area (Å²) in [4.78, 5) is 25.1. The van der Waals surface area contributed by atoms with Crippen LogP contribution in [0.4, 0.5) is 23.2 Å². The maximum Gasteiger partial charge on any atom is 0.418 e. The van der Waals surface area contributed by atoms with Gasteiger partial charge in [0.15, 0.2) is 0 Å². The van der Waals surface area contributed by atoms with Gasteiger partial charge in [0.2, 0.25) is 5.43 Å². The van der Waals surface area contributed by atoms with Crippen molar-refractivity contribution in [2.75, 3.05) is 5.32 Å². The smallest absolute Gasteiger partial charge is 0.347 e. The van der Waals surface area contributed by atoms with Gasteiger partial charge in [-0.2, -0.15) is 13.2 Å². The van der Waals surface area contributed by atoms with Crippen LogP contribution in [-0.2, 0) is 12.7 Å². The van der Waals surface area contributed by atoms with Gasteiger partial charge in [-0.3, -0.25) is 9.59 Å². The van der Waals surface area contributed by atoms with Crippen molar-refractivity contribution in [3.63, 3.8) is 0 Å². The fraction of sp³-hybridized carbons (Fsp3) is 0.158. The highest BCUT2D eigenvalue weighted by molar-refractivity contribution is 6.06. The van der Waals surface area contributed by atoms with Gasteiger partial charge in [-0.1, -0.05) is 12.1 Å². The van der Waals surface area contributed by atoms with Crippen molar-refractivity contribution in [1.82, 2.24) is 4.57 Å². The quantitative estimate of drug-likeness (QED) is 0.686. The van der Waals surface area contributed by atoms with E-state index in [2.05, 4.69) is 5.32 Å². The van der Waals surface area contributed by atoms with E-state index < -0.39 is 34.6 Å². The van der Waals surface area contributed by atoms with Gasteiger partial charge in [0.1, 0.15) is 11.4 Å². The van der Waals surface area contributed by atoms with Crippen LogP contribution in [0, 0.1) is 5.82 Å². The Hall–Kier alpha value is -3.16. The molecule has 1 heterocycles. The average Bonchev–Trinajstić information content (AvgIpc) is 2.62. The lowest BCUT2D eigenvalue weighted by atomic mass is 10.1. The largest absolute Gasteiger partial charge is 0.418 e. The zero-order chi connectivity index (χ0) is 19.8. The second-order valence-electron chi connectivity index (χ2n) is 5.82. The molecule has 0 unspecified atom stereocenters. The molecule has 8 heteroatoms. The first-order valence-electron chi connectivity index (χ1n) is 8.02. The molecule has 3 rings (SSSR count). The van der Waals surface area contributed by atoms with E-state index in [0.717, 1.165) is 18.2 Å². The number of carbonyl (C=O) groups is 1. The number of nitrogens with one attached hydrogen (secondary N) is 1. The third-order valence-corrected chi connectivity index (χ3v) is 4.11. The lowest BCUT2D eigenvalue weighted by molar-refractivity contribution is -0.136. The first-order valence-corrected chi connectivity index (χ1v) is 8.02. The van der Waals surface area contributed by atoms with Crippen LogP contribution in [0.15, 0.2) is 53.5 Å². The number of hydrogen-bond acceptors (Lipinski definition) is 2. The number of pyridine rings is 1. The van der Waals surface area contributed by atoms with E-state index in [1.165, 1.54) is 30.5 Å². The summed E-state index contributed by atoms with van der Waals surface area (Å²) >= 11 is 0. The maximum absolute atomic E-state index is 13.5. The molecule has 0 fully saturated rings. The number of halogens is 4. The highest BCUT2D eigenvalue weighted by Gasteiger charge is 2.33. The zero-order valence-electron chi connectivity index (χ0n) is 14.1. The van der Waals surface area contributed by atoms with Crippen molar-refractivity contribution in [2.24, 2.45) is 0 Å². The number of para-hydroxylation sites is 1. The van der Waals surface area contributed by atoms with E-state index in [4.69, 9.17) is 0 Å². The number of alkyl halides is 3. The molecular weight excluding hydrogens is 364 g/mol. The number of rotatable bonds is 3. The summed E-state index contributed by atoms with van der Waals surface area (Å²) in [5, 5.41) is 2.12. The summed E-state index contributed by atoms with van der Waals surface area (Å²) in [6, 6.07) is 8.07. The summed E-state index contributed by atoms with van der Waals surface area (Å²) in [6.07, 6.45) is -3.41. The number of aromatic nitrogens is 1. The van der Waals surface area contributed by atoms with Gasteiger partial charge in [-0.15, -0.1) is 0 Å². The third kappa shape index (κ3) is 3.55. The summed E-state index contributed by atoms with van der Waals surface area (Å²) in [6.45, 7) is 2.13. The minimum Gasteiger partial charge on any atom is -0.347 e. The Bertz CT molecular complexity index is 1090. The van der Waals surface area contributed by atoms with Gasteiger partial charge in [0, 0.05) is 18.1 Å². The zero-order valence-corrected chi connectivity index (χ0v) is 14.1. The number of hydrogen-bond donors (Lipinski definition) is 1. The minimum atomic E-state index is -4.67. The molecule has 0 aliphatic carbocycles. The van der Waals surface area contributed by atoms with Crippen LogP contribution in [0.2, 0.25) is 0 Å². The molecule has 0 saturated carbocycles. The number of amides is 1. The Balaban J connectivity index is 2.10. The molecule has 2 aromatic carbocycles. The number of fused-ring (bicyclic) bond motifs is 1. The van der Waals surface area contributed by atoms with Crippen molar-refractivity contribution in [3.05, 3.63) is 75.8 Å². The molecular formula is C19H14F4N2O2. The Labute approximate surface area is 151 Å². The molecule has 0 aliphatic rings. The van der Waals surface area contributed by atoms with E-state index in [-0.39, 0.29) is 10.9 Å². The van der Waals surface area contributed by atoms with Gasteiger partial charge < -0.3 is 9.88 Å². The second kappa shape index (κ2) is 6.86. The molecule has 1 amide bonds. The monoisotopic (exact) mass is 378 g/mol. The topological polar surface area (TPSA) is 51.1 Å². The number of aryl methyl sites for hydroxylation is 1. The molecule has 0 atom stereocenters. The van der Waals surface area contributed by atoms with E-state index >= 15 is 0 Å². The highest BCUT2D eigenvalue weighted by Crippen LogP contribution is 2.34. The van der Waals surface area contributed by atoms with Crippen LogP contribution in [0.25, 0.3) is 10.9 Å². The highest BCUT2D eigenvalue weighted by atomic mass is 19.4. The summed E-state index contributed by atoms with van der Waals surface area (Å²) in [5.74, 6) is -1.65. The molecule has 140 valence electrons. The molecule has 1 N–H and O–H groups in total. The van der Waals surface area contributed by atoms with Crippen LogP contribution in [0.3, 0.4) is 0 Å². The van der Waals surface area contributed by atoms with Crippen molar-refractivity contribution in [2.45, 2.75) is 19.6 Å². The number of nitrogens with zero attached hydrogens (tertiary/aromatic N) is 1. The predicted octanol–water partition coefficient (Wildman–Crippen LogP) is 4.43. The Kier molecular flexibility index (Phi) is 4.73. The summed E-state index contributed by atoms with van der Waals surface area (Å²) in [7, 11) is 0. The van der Waals surface area contributed by atoms with Crippen molar-refractivity contribution in [1.29, 1.82) is 0 Å². The van der Waals surface area contributed by atoms with Crippen molar-refractivity contribution >= 4 is 22.5 Å². The first-order chi connectivity index (χ1) is 12.7. The third-order valence-electron chi connectivity index (χ3n) is 4.11. The van der Waals surface area contributed by atoms with E-state index in [0.29, 0.717) is 12.1 Å². The molecule has 0 aliphatic heterocycles. The maximum atomic E-state index is 13.5. The van der Waals surface area contributed by atoms with Crippen molar-refractivity contribution < 1.29 is 22.4 Å². The van der Waals surface area contributed by atoms with Gasteiger partial charge in [-0.05, 0) is 37.3 Å². The lowest BCUT2D eigenvalue weighted by Crippen LogP contribution is -2.25. The van der Waals surface area contributed by atoms with Gasteiger partial charge in [-0.25, -0.2) is 4.39 Å². The summed E-state index contributed by atoms with van der Waals surface area (Å²) in [5.41, 5.74) is -2.18. The van der Waals surface area contributed by atoms with Gasteiger partial charge >= 0.3 is 6.18 Å². The molecule has 27 heavy (non-hydrogen) atoms. The number of anilines is 1. The molecule has 1 aromatic heterocycles. The molecule has 0 bridgehead atoms. The van der Waals surface area contributed by atoms with Crippen LogP contribution in [-0.4, -0.2) is 10.5 Å². The number of carbonyl (C=O) groups excluding carboxylic acids is 1. The average molecular weight is 378 g/mol. The van der Waals surface area contributed by atoms with Gasteiger partial charge in [0.25, 0.3) is 5.91 Å². The predicted molar refractivity (Wildman–Crippen MR) is 93.2 cm³/mol.